The number of hydrogen-bond acceptors (Lipinski definition) is 5. The van der Waals surface area contributed by atoms with Gasteiger partial charge in [-0.15, -0.1) is 0 Å². The topological polar surface area (TPSA) is 61.8 Å². The Hall–Kier alpha value is -2.34. The third kappa shape index (κ3) is 5.83. The van der Waals surface area contributed by atoms with Gasteiger partial charge in [-0.05, 0) is 42.7 Å². The van der Waals surface area contributed by atoms with Crippen LogP contribution >= 0.6 is 15.9 Å². The number of carbonyl (C=O) groups is 2. The summed E-state index contributed by atoms with van der Waals surface area (Å²) in [5, 5.41) is 0. The second kappa shape index (κ2) is 10.9. The summed E-state index contributed by atoms with van der Waals surface area (Å²) in [7, 11) is 3.08. The van der Waals surface area contributed by atoms with Crippen molar-refractivity contribution < 1.29 is 23.8 Å². The highest BCUT2D eigenvalue weighted by Crippen LogP contribution is 2.28. The lowest BCUT2D eigenvalue weighted by atomic mass is 9.99. The average Bonchev–Trinajstić information content (AvgIpc) is 2.72. The van der Waals surface area contributed by atoms with Crippen LogP contribution in [0.3, 0.4) is 0 Å². The van der Waals surface area contributed by atoms with Crippen LogP contribution in [0.1, 0.15) is 41.3 Å². The van der Waals surface area contributed by atoms with Gasteiger partial charge >= 0.3 is 5.97 Å². The van der Waals surface area contributed by atoms with E-state index in [2.05, 4.69) is 15.9 Å². The molecule has 0 N–H and O–H groups in total. The highest BCUT2D eigenvalue weighted by atomic mass is 79.9. The predicted octanol–water partition coefficient (Wildman–Crippen LogP) is 4.58. The molecule has 0 spiro atoms. The number of methoxy groups -OCH3 is 2. The van der Waals surface area contributed by atoms with Crippen molar-refractivity contribution >= 4 is 27.7 Å². The minimum atomic E-state index is -0.448. The first-order valence-corrected chi connectivity index (χ1v) is 10.1. The number of carbonyl (C=O) groups excluding carboxylic acids is 2. The van der Waals surface area contributed by atoms with E-state index in [1.807, 2.05) is 19.1 Å². The molecule has 6 heteroatoms. The zero-order chi connectivity index (χ0) is 20.5. The normalized spacial score (nSPS) is 11.6. The number of halogens is 1. The molecule has 1 unspecified atom stereocenters. The van der Waals surface area contributed by atoms with E-state index in [-0.39, 0.29) is 11.8 Å². The molecule has 0 saturated carbocycles. The van der Waals surface area contributed by atoms with Crippen molar-refractivity contribution in [2.45, 2.75) is 31.0 Å². The molecule has 0 aliphatic rings. The Morgan fingerprint density at radius 1 is 1.00 bits per heavy atom. The molecule has 0 aliphatic carbocycles. The van der Waals surface area contributed by atoms with Crippen molar-refractivity contribution in [3.8, 4) is 11.5 Å². The summed E-state index contributed by atoms with van der Waals surface area (Å²) in [6.45, 7) is 2.47. The van der Waals surface area contributed by atoms with Gasteiger partial charge in [-0.3, -0.25) is 9.59 Å². The maximum absolute atomic E-state index is 12.9. The SMILES string of the molecule is CCCCOC(=O)C(Br)Cc1cccc(C(=O)c2ccc(OC)c(OC)c2)c1. The molecular formula is C22H25BrO5. The van der Waals surface area contributed by atoms with Gasteiger partial charge in [0.25, 0.3) is 0 Å². The van der Waals surface area contributed by atoms with Crippen LogP contribution in [0, 0.1) is 0 Å². The van der Waals surface area contributed by atoms with Crippen LogP contribution in [-0.4, -0.2) is 37.4 Å². The molecule has 5 nitrogen and oxygen atoms in total. The van der Waals surface area contributed by atoms with Crippen molar-refractivity contribution in [1.29, 1.82) is 0 Å². The molecule has 2 aromatic carbocycles. The third-order valence-corrected chi connectivity index (χ3v) is 4.95. The lowest BCUT2D eigenvalue weighted by Crippen LogP contribution is -2.20. The number of ether oxygens (including phenoxy) is 3. The molecule has 0 heterocycles. The number of alkyl halides is 1. The van der Waals surface area contributed by atoms with Crippen LogP contribution < -0.4 is 9.47 Å². The fourth-order valence-corrected chi connectivity index (χ4v) is 3.19. The van der Waals surface area contributed by atoms with Gasteiger partial charge in [0.15, 0.2) is 17.3 Å². The van der Waals surface area contributed by atoms with E-state index in [0.29, 0.717) is 35.7 Å². The van der Waals surface area contributed by atoms with Gasteiger partial charge < -0.3 is 14.2 Å². The second-order valence-corrected chi connectivity index (χ2v) is 7.40. The number of ketones is 1. The highest BCUT2D eigenvalue weighted by Gasteiger charge is 2.18. The number of hydrogen-bond donors (Lipinski definition) is 0. The van der Waals surface area contributed by atoms with Gasteiger partial charge in [-0.1, -0.05) is 47.5 Å². The van der Waals surface area contributed by atoms with E-state index in [1.165, 1.54) is 7.11 Å². The summed E-state index contributed by atoms with van der Waals surface area (Å²) in [5.74, 6) is 0.654. The average molecular weight is 449 g/mol. The van der Waals surface area contributed by atoms with Gasteiger partial charge in [0.05, 0.1) is 20.8 Å². The quantitative estimate of drug-likeness (QED) is 0.230. The zero-order valence-electron chi connectivity index (χ0n) is 16.4. The lowest BCUT2D eigenvalue weighted by Gasteiger charge is -2.12. The molecule has 28 heavy (non-hydrogen) atoms. The summed E-state index contributed by atoms with van der Waals surface area (Å²) >= 11 is 3.38. The Kier molecular flexibility index (Phi) is 8.51. The largest absolute Gasteiger partial charge is 0.493 e. The molecule has 0 fully saturated rings. The molecule has 0 bridgehead atoms. The van der Waals surface area contributed by atoms with Gasteiger partial charge in [0.2, 0.25) is 0 Å². The van der Waals surface area contributed by atoms with Crippen molar-refractivity contribution in [3.05, 3.63) is 59.2 Å². The molecule has 0 aromatic heterocycles. The second-order valence-electron chi connectivity index (χ2n) is 6.29. The summed E-state index contributed by atoms with van der Waals surface area (Å²) in [4.78, 5) is 24.4. The van der Waals surface area contributed by atoms with Crippen LogP contribution in [-0.2, 0) is 16.0 Å². The maximum atomic E-state index is 12.9. The lowest BCUT2D eigenvalue weighted by molar-refractivity contribution is -0.142. The Balaban J connectivity index is 2.12. The van der Waals surface area contributed by atoms with Crippen LogP contribution in [0.2, 0.25) is 0 Å². The summed E-state index contributed by atoms with van der Waals surface area (Å²) in [6.07, 6.45) is 2.26. The van der Waals surface area contributed by atoms with Crippen LogP contribution in [0.15, 0.2) is 42.5 Å². The number of rotatable bonds is 10. The Morgan fingerprint density at radius 3 is 2.39 bits per heavy atom. The van der Waals surface area contributed by atoms with Crippen LogP contribution in [0.5, 0.6) is 11.5 Å². The number of benzene rings is 2. The molecule has 0 aliphatic heterocycles. The first kappa shape index (κ1) is 22.0. The zero-order valence-corrected chi connectivity index (χ0v) is 18.0. The summed E-state index contributed by atoms with van der Waals surface area (Å²) in [5.41, 5.74) is 1.92. The first-order chi connectivity index (χ1) is 13.5. The smallest absolute Gasteiger partial charge is 0.320 e. The summed E-state index contributed by atoms with van der Waals surface area (Å²) in [6, 6.07) is 12.3. The monoisotopic (exact) mass is 448 g/mol. The standard InChI is InChI=1S/C22H25BrO5/c1-4-5-11-28-22(25)18(23)13-15-7-6-8-16(12-15)21(24)17-9-10-19(26-2)20(14-17)27-3/h6-10,12,14,18H,4-5,11,13H2,1-3H3. The number of esters is 1. The molecule has 0 saturated heterocycles. The van der Waals surface area contributed by atoms with Crippen LogP contribution in [0.25, 0.3) is 0 Å². The number of unbranched alkanes of at least 4 members (excludes halogenated alkanes) is 1. The summed E-state index contributed by atoms with van der Waals surface area (Å²) < 4.78 is 15.7. The van der Waals surface area contributed by atoms with E-state index in [0.717, 1.165) is 18.4 Å². The fraction of sp³-hybridized carbons (Fsp3) is 0.364. The van der Waals surface area contributed by atoms with E-state index >= 15 is 0 Å². The third-order valence-electron chi connectivity index (χ3n) is 4.25. The molecule has 0 radical (unpaired) electrons. The van der Waals surface area contributed by atoms with E-state index < -0.39 is 4.83 Å². The minimum Gasteiger partial charge on any atom is -0.493 e. The Morgan fingerprint density at radius 2 is 1.71 bits per heavy atom. The van der Waals surface area contributed by atoms with E-state index in [9.17, 15) is 9.59 Å². The molecule has 2 rings (SSSR count). The predicted molar refractivity (Wildman–Crippen MR) is 112 cm³/mol. The molecule has 2 aromatic rings. The van der Waals surface area contributed by atoms with Gasteiger partial charge in [0, 0.05) is 11.1 Å². The van der Waals surface area contributed by atoms with Crippen molar-refractivity contribution in [3.63, 3.8) is 0 Å². The molecular weight excluding hydrogens is 424 g/mol. The maximum Gasteiger partial charge on any atom is 0.320 e. The Labute approximate surface area is 174 Å². The highest BCUT2D eigenvalue weighted by molar-refractivity contribution is 9.10. The van der Waals surface area contributed by atoms with Gasteiger partial charge in [0.1, 0.15) is 4.83 Å². The van der Waals surface area contributed by atoms with E-state index in [1.54, 1.807) is 37.4 Å². The van der Waals surface area contributed by atoms with Crippen molar-refractivity contribution in [1.82, 2.24) is 0 Å². The van der Waals surface area contributed by atoms with Gasteiger partial charge in [-0.25, -0.2) is 0 Å². The Bertz CT molecular complexity index is 818. The first-order valence-electron chi connectivity index (χ1n) is 9.16. The van der Waals surface area contributed by atoms with Crippen molar-refractivity contribution in [2.75, 3.05) is 20.8 Å². The molecule has 1 atom stereocenters. The minimum absolute atomic E-state index is 0.126. The van der Waals surface area contributed by atoms with Gasteiger partial charge in [-0.2, -0.15) is 0 Å². The van der Waals surface area contributed by atoms with Crippen molar-refractivity contribution in [2.24, 2.45) is 0 Å². The molecule has 0 amide bonds. The fourth-order valence-electron chi connectivity index (χ4n) is 2.68. The van der Waals surface area contributed by atoms with Crippen LogP contribution in [0.4, 0.5) is 0 Å². The van der Waals surface area contributed by atoms with E-state index in [4.69, 9.17) is 14.2 Å². The molecule has 150 valence electrons.